The van der Waals surface area contributed by atoms with Crippen LogP contribution in [-0.4, -0.2) is 21.7 Å². The predicted molar refractivity (Wildman–Crippen MR) is 64.6 cm³/mol. The van der Waals surface area contributed by atoms with E-state index in [0.29, 0.717) is 5.65 Å². The second kappa shape index (κ2) is 3.35. The molecule has 0 spiro atoms. The molecule has 0 saturated carbocycles. The lowest BCUT2D eigenvalue weighted by molar-refractivity contribution is 0.415. The first-order valence-corrected chi connectivity index (χ1v) is 5.25. The molecule has 0 fully saturated rings. The van der Waals surface area contributed by atoms with E-state index in [1.54, 1.807) is 11.5 Å². The Balaban J connectivity index is 2.60. The Hall–Kier alpha value is -2.30. The number of methoxy groups -OCH3 is 1. The molecule has 1 aromatic carbocycles. The van der Waals surface area contributed by atoms with Crippen molar-refractivity contribution in [3.8, 4) is 5.75 Å². The minimum absolute atomic E-state index is 0.238. The van der Waals surface area contributed by atoms with Crippen molar-refractivity contribution < 1.29 is 4.74 Å². The lowest BCUT2D eigenvalue weighted by Gasteiger charge is -2.06. The van der Waals surface area contributed by atoms with Gasteiger partial charge in [0.2, 0.25) is 0 Å². The first-order chi connectivity index (χ1) is 8.20. The summed E-state index contributed by atoms with van der Waals surface area (Å²) >= 11 is 0. The van der Waals surface area contributed by atoms with Crippen molar-refractivity contribution in [2.75, 3.05) is 7.11 Å². The Kier molecular flexibility index (Phi) is 1.95. The van der Waals surface area contributed by atoms with Crippen LogP contribution in [0.3, 0.4) is 0 Å². The largest absolute Gasteiger partial charge is 0.497 e. The molecule has 3 rings (SSSR count). The van der Waals surface area contributed by atoms with Gasteiger partial charge in [0.1, 0.15) is 5.75 Å². The molecule has 1 N–H and O–H groups in total. The molecule has 2 aromatic heterocycles. The summed E-state index contributed by atoms with van der Waals surface area (Å²) in [5.74, 6) is 0.720. The van der Waals surface area contributed by atoms with Gasteiger partial charge in [-0.05, 0) is 30.7 Å². The van der Waals surface area contributed by atoms with Crippen LogP contribution in [0.5, 0.6) is 5.75 Å². The average molecular weight is 229 g/mol. The summed E-state index contributed by atoms with van der Waals surface area (Å²) in [6.07, 6.45) is 0. The number of nitrogens with zero attached hydrogens (tertiary/aromatic N) is 2. The molecule has 5 heteroatoms. The highest BCUT2D eigenvalue weighted by atomic mass is 16.5. The van der Waals surface area contributed by atoms with Crippen LogP contribution in [0.15, 0.2) is 29.1 Å². The molecule has 86 valence electrons. The van der Waals surface area contributed by atoms with Gasteiger partial charge in [-0.25, -0.2) is 14.3 Å². The zero-order valence-corrected chi connectivity index (χ0v) is 9.52. The Morgan fingerprint density at radius 3 is 2.94 bits per heavy atom. The molecule has 0 radical (unpaired) electrons. The molecule has 0 aliphatic heterocycles. The van der Waals surface area contributed by atoms with E-state index in [4.69, 9.17) is 4.74 Å². The number of aromatic amines is 1. The maximum absolute atomic E-state index is 11.7. The quantitative estimate of drug-likeness (QED) is 0.687. The fourth-order valence-corrected chi connectivity index (χ4v) is 2.07. The second-order valence-corrected chi connectivity index (χ2v) is 3.93. The number of nitrogens with one attached hydrogen (secondary N) is 1. The molecule has 0 saturated heterocycles. The number of aromatic nitrogens is 3. The molecule has 17 heavy (non-hydrogen) atoms. The van der Waals surface area contributed by atoms with Crippen LogP contribution >= 0.6 is 0 Å². The van der Waals surface area contributed by atoms with Gasteiger partial charge in [0, 0.05) is 11.5 Å². The van der Waals surface area contributed by atoms with Gasteiger partial charge in [0.05, 0.1) is 12.6 Å². The van der Waals surface area contributed by atoms with E-state index < -0.39 is 0 Å². The van der Waals surface area contributed by atoms with Crippen LogP contribution in [0.1, 0.15) is 5.56 Å². The minimum Gasteiger partial charge on any atom is -0.497 e. The Bertz CT molecular complexity index is 770. The summed E-state index contributed by atoms with van der Waals surface area (Å²) in [6, 6.07) is 7.55. The molecule has 0 aliphatic rings. The molecule has 0 bridgehead atoms. The number of ether oxygens (including phenoxy) is 1. The first-order valence-electron chi connectivity index (χ1n) is 5.25. The fourth-order valence-electron chi connectivity index (χ4n) is 2.07. The van der Waals surface area contributed by atoms with Gasteiger partial charge in [-0.3, -0.25) is 0 Å². The van der Waals surface area contributed by atoms with Gasteiger partial charge in [-0.15, -0.1) is 0 Å². The van der Waals surface area contributed by atoms with E-state index in [-0.39, 0.29) is 5.69 Å². The summed E-state index contributed by atoms with van der Waals surface area (Å²) in [6.45, 7) is 1.99. The van der Waals surface area contributed by atoms with Crippen LogP contribution < -0.4 is 10.4 Å². The van der Waals surface area contributed by atoms with Crippen LogP contribution in [0.2, 0.25) is 0 Å². The molecule has 0 atom stereocenters. The maximum atomic E-state index is 11.7. The smallest absolute Gasteiger partial charge is 0.348 e. The van der Waals surface area contributed by atoms with Gasteiger partial charge in [-0.2, -0.15) is 5.10 Å². The third-order valence-electron chi connectivity index (χ3n) is 2.91. The van der Waals surface area contributed by atoms with Crippen molar-refractivity contribution in [3.05, 3.63) is 40.3 Å². The van der Waals surface area contributed by atoms with Crippen molar-refractivity contribution in [1.82, 2.24) is 14.6 Å². The molecular weight excluding hydrogens is 218 g/mol. The number of rotatable bonds is 1. The average Bonchev–Trinajstić information content (AvgIpc) is 2.70. The number of H-pyrrole nitrogens is 1. The van der Waals surface area contributed by atoms with Crippen LogP contribution in [0, 0.1) is 6.92 Å². The SMILES string of the molecule is COc1ccc2c(C)cc3n[nH]c(=O)n3c2c1. The van der Waals surface area contributed by atoms with Gasteiger partial charge >= 0.3 is 5.69 Å². The van der Waals surface area contributed by atoms with E-state index in [1.165, 1.54) is 0 Å². The summed E-state index contributed by atoms with van der Waals surface area (Å²) < 4.78 is 6.73. The second-order valence-electron chi connectivity index (χ2n) is 3.93. The van der Waals surface area contributed by atoms with E-state index in [9.17, 15) is 4.79 Å². The normalized spacial score (nSPS) is 11.2. The van der Waals surface area contributed by atoms with Gasteiger partial charge in [-0.1, -0.05) is 0 Å². The van der Waals surface area contributed by atoms with Gasteiger partial charge < -0.3 is 4.74 Å². The highest BCUT2D eigenvalue weighted by Gasteiger charge is 2.08. The highest BCUT2D eigenvalue weighted by Crippen LogP contribution is 2.23. The third-order valence-corrected chi connectivity index (χ3v) is 2.91. The van der Waals surface area contributed by atoms with Gasteiger partial charge in [0.25, 0.3) is 0 Å². The lowest BCUT2D eigenvalue weighted by atomic mass is 10.1. The van der Waals surface area contributed by atoms with Crippen molar-refractivity contribution in [2.24, 2.45) is 0 Å². The maximum Gasteiger partial charge on any atom is 0.348 e. The monoisotopic (exact) mass is 229 g/mol. The van der Waals surface area contributed by atoms with Crippen LogP contribution in [-0.2, 0) is 0 Å². The summed E-state index contributed by atoms with van der Waals surface area (Å²) in [4.78, 5) is 11.7. The molecular formula is C12H11N3O2. The summed E-state index contributed by atoms with van der Waals surface area (Å²) in [5, 5.41) is 7.43. The molecule has 2 heterocycles. The number of aryl methyl sites for hydroxylation is 1. The Morgan fingerprint density at radius 1 is 1.35 bits per heavy atom. The molecule has 0 unspecified atom stereocenters. The van der Waals surface area contributed by atoms with E-state index >= 15 is 0 Å². The van der Waals surface area contributed by atoms with Gasteiger partial charge in [0.15, 0.2) is 5.65 Å². The van der Waals surface area contributed by atoms with Crippen LogP contribution in [0.4, 0.5) is 0 Å². The topological polar surface area (TPSA) is 59.4 Å². The van der Waals surface area contributed by atoms with Crippen molar-refractivity contribution in [2.45, 2.75) is 6.92 Å². The minimum atomic E-state index is -0.238. The highest BCUT2D eigenvalue weighted by molar-refractivity contribution is 5.86. The number of pyridine rings is 1. The fraction of sp³-hybridized carbons (Fsp3) is 0.167. The number of benzene rings is 1. The molecule has 5 nitrogen and oxygen atoms in total. The van der Waals surface area contributed by atoms with Crippen molar-refractivity contribution in [1.29, 1.82) is 0 Å². The zero-order chi connectivity index (χ0) is 12.0. The number of hydrogen-bond donors (Lipinski definition) is 1. The molecule has 0 amide bonds. The van der Waals surface area contributed by atoms with E-state index in [0.717, 1.165) is 22.2 Å². The lowest BCUT2D eigenvalue weighted by Crippen LogP contribution is -2.10. The van der Waals surface area contributed by atoms with E-state index in [1.807, 2.05) is 31.2 Å². The van der Waals surface area contributed by atoms with E-state index in [2.05, 4.69) is 10.2 Å². The predicted octanol–water partition coefficient (Wildman–Crippen LogP) is 1.49. The number of hydrogen-bond acceptors (Lipinski definition) is 3. The van der Waals surface area contributed by atoms with Crippen molar-refractivity contribution >= 4 is 16.6 Å². The Morgan fingerprint density at radius 2 is 2.18 bits per heavy atom. The van der Waals surface area contributed by atoms with Crippen LogP contribution in [0.25, 0.3) is 16.6 Å². The third kappa shape index (κ3) is 1.32. The Labute approximate surface area is 96.6 Å². The number of fused-ring (bicyclic) bond motifs is 3. The summed E-state index contributed by atoms with van der Waals surface area (Å²) in [5.41, 5.74) is 2.26. The molecule has 3 aromatic rings. The summed E-state index contributed by atoms with van der Waals surface area (Å²) in [7, 11) is 1.60. The first kappa shape index (κ1) is 9.89. The standard InChI is InChI=1S/C12H11N3O2/c1-7-5-11-13-14-12(16)15(11)10-6-8(17-2)3-4-9(7)10/h3-6H,1-2H3,(H,14,16). The van der Waals surface area contributed by atoms with Crippen molar-refractivity contribution in [3.63, 3.8) is 0 Å². The zero-order valence-electron chi connectivity index (χ0n) is 9.52. The molecule has 0 aliphatic carbocycles.